The molecule has 1 aliphatic rings. The smallest absolute Gasteiger partial charge is 0.229 e. The maximum atomic E-state index is 5.70. The van der Waals surface area contributed by atoms with Crippen LogP contribution in [0.4, 0.5) is 23.1 Å². The first kappa shape index (κ1) is 18.3. The lowest BCUT2D eigenvalue weighted by Crippen LogP contribution is -2.25. The van der Waals surface area contributed by atoms with Gasteiger partial charge in [0.15, 0.2) is 0 Å². The molecule has 0 spiro atoms. The van der Waals surface area contributed by atoms with Crippen molar-refractivity contribution in [1.29, 1.82) is 0 Å². The number of nitrogens with one attached hydrogen (secondary N) is 1. The van der Waals surface area contributed by atoms with Gasteiger partial charge in [0, 0.05) is 29.7 Å². The minimum Gasteiger partial charge on any atom is -0.491 e. The predicted molar refractivity (Wildman–Crippen MR) is 114 cm³/mol. The number of rotatable bonds is 5. The van der Waals surface area contributed by atoms with Gasteiger partial charge in [0.25, 0.3) is 0 Å². The second-order valence-corrected chi connectivity index (χ2v) is 7.39. The fourth-order valence-corrected chi connectivity index (χ4v) is 3.54. The Morgan fingerprint density at radius 2 is 1.82 bits per heavy atom. The zero-order valence-corrected chi connectivity index (χ0v) is 16.6. The third-order valence-corrected chi connectivity index (χ3v) is 4.71. The van der Waals surface area contributed by atoms with Crippen LogP contribution in [0.25, 0.3) is 0 Å². The number of nitrogens with zero attached hydrogens (tertiary/aromatic N) is 3. The molecule has 0 atom stereocenters. The molecule has 0 radical (unpaired) electrons. The molecule has 28 heavy (non-hydrogen) atoms. The van der Waals surface area contributed by atoms with E-state index in [1.807, 2.05) is 51.1 Å². The summed E-state index contributed by atoms with van der Waals surface area (Å²) in [5.74, 6) is 2.40. The summed E-state index contributed by atoms with van der Waals surface area (Å²) >= 11 is 0. The molecule has 4 rings (SSSR count). The van der Waals surface area contributed by atoms with Gasteiger partial charge in [-0.15, -0.1) is 0 Å². The Kier molecular flexibility index (Phi) is 5.15. The van der Waals surface area contributed by atoms with Crippen LogP contribution in [0.5, 0.6) is 5.75 Å². The summed E-state index contributed by atoms with van der Waals surface area (Å²) in [6.45, 7) is 7.01. The van der Waals surface area contributed by atoms with Crippen molar-refractivity contribution in [2.24, 2.45) is 0 Å². The van der Waals surface area contributed by atoms with Crippen molar-refractivity contribution < 1.29 is 4.74 Å². The summed E-state index contributed by atoms with van der Waals surface area (Å²) in [7, 11) is 0. The third-order valence-electron chi connectivity index (χ3n) is 4.71. The van der Waals surface area contributed by atoms with E-state index in [4.69, 9.17) is 9.72 Å². The molecule has 2 aromatic carbocycles. The molecule has 2 heterocycles. The highest BCUT2D eigenvalue weighted by atomic mass is 16.5. The molecule has 1 N–H and O–H groups in total. The predicted octanol–water partition coefficient (Wildman–Crippen LogP) is 5.40. The van der Waals surface area contributed by atoms with Gasteiger partial charge in [0.2, 0.25) is 5.95 Å². The second kappa shape index (κ2) is 7.89. The number of benzene rings is 2. The fourth-order valence-electron chi connectivity index (χ4n) is 3.54. The average Bonchev–Trinajstić information content (AvgIpc) is 2.68. The first-order chi connectivity index (χ1) is 13.6. The van der Waals surface area contributed by atoms with Gasteiger partial charge in [-0.2, -0.15) is 4.98 Å². The summed E-state index contributed by atoms with van der Waals surface area (Å²) in [5.41, 5.74) is 4.50. The quantitative estimate of drug-likeness (QED) is 0.648. The Morgan fingerprint density at radius 3 is 2.61 bits per heavy atom. The molecule has 144 valence electrons. The molecular formula is C23H26N4O. The first-order valence-electron chi connectivity index (χ1n) is 9.83. The maximum absolute atomic E-state index is 5.70. The van der Waals surface area contributed by atoms with Crippen molar-refractivity contribution in [3.63, 3.8) is 0 Å². The molecule has 0 unspecified atom stereocenters. The summed E-state index contributed by atoms with van der Waals surface area (Å²) in [5, 5.41) is 3.32. The van der Waals surface area contributed by atoms with Gasteiger partial charge >= 0.3 is 0 Å². The number of aromatic nitrogens is 2. The number of aryl methyl sites for hydroxylation is 2. The molecule has 5 nitrogen and oxygen atoms in total. The largest absolute Gasteiger partial charge is 0.491 e. The molecule has 0 saturated carbocycles. The zero-order valence-electron chi connectivity index (χ0n) is 16.6. The molecule has 0 aliphatic carbocycles. The minimum absolute atomic E-state index is 0.161. The van der Waals surface area contributed by atoms with Crippen molar-refractivity contribution >= 4 is 23.1 Å². The van der Waals surface area contributed by atoms with Crippen LogP contribution in [0, 0.1) is 6.92 Å². The van der Waals surface area contributed by atoms with E-state index < -0.39 is 0 Å². The third kappa shape index (κ3) is 4.09. The highest BCUT2D eigenvalue weighted by molar-refractivity contribution is 5.67. The van der Waals surface area contributed by atoms with Crippen LogP contribution in [-0.4, -0.2) is 22.6 Å². The average molecular weight is 374 g/mol. The van der Waals surface area contributed by atoms with E-state index in [-0.39, 0.29) is 6.10 Å². The number of hydrogen-bond donors (Lipinski definition) is 1. The van der Waals surface area contributed by atoms with Crippen LogP contribution in [0.1, 0.15) is 31.5 Å². The minimum atomic E-state index is 0.161. The lowest BCUT2D eigenvalue weighted by Gasteiger charge is -2.30. The summed E-state index contributed by atoms with van der Waals surface area (Å²) in [4.78, 5) is 11.7. The summed E-state index contributed by atoms with van der Waals surface area (Å²) < 4.78 is 5.70. The van der Waals surface area contributed by atoms with Crippen molar-refractivity contribution in [3.8, 4) is 5.75 Å². The van der Waals surface area contributed by atoms with Crippen LogP contribution >= 0.6 is 0 Å². The van der Waals surface area contributed by atoms with Gasteiger partial charge in [-0.3, -0.25) is 0 Å². The van der Waals surface area contributed by atoms with E-state index in [0.29, 0.717) is 5.95 Å². The normalized spacial score (nSPS) is 13.4. The fraction of sp³-hybridized carbons (Fsp3) is 0.304. The van der Waals surface area contributed by atoms with Crippen LogP contribution in [-0.2, 0) is 6.42 Å². The highest BCUT2D eigenvalue weighted by Gasteiger charge is 2.19. The summed E-state index contributed by atoms with van der Waals surface area (Å²) in [6, 6.07) is 18.5. The van der Waals surface area contributed by atoms with E-state index in [1.165, 1.54) is 11.3 Å². The van der Waals surface area contributed by atoms with E-state index >= 15 is 0 Å². The van der Waals surface area contributed by atoms with Gasteiger partial charge < -0.3 is 15.0 Å². The molecule has 0 saturated heterocycles. The molecular weight excluding hydrogens is 348 g/mol. The monoisotopic (exact) mass is 374 g/mol. The SMILES string of the molecule is Cc1cc(N2CCCc3ccccc32)nc(Nc2ccc(OC(C)C)cc2)n1. The second-order valence-electron chi connectivity index (χ2n) is 7.39. The standard InChI is InChI=1S/C23H26N4O/c1-16(2)28-20-12-10-19(11-13-20)25-23-24-17(3)15-22(26-23)27-14-6-8-18-7-4-5-9-21(18)27/h4-5,7,9-13,15-16H,6,8,14H2,1-3H3,(H,24,25,26). The zero-order chi connectivity index (χ0) is 19.5. The number of fused-ring (bicyclic) bond motifs is 1. The van der Waals surface area contributed by atoms with Crippen LogP contribution in [0.2, 0.25) is 0 Å². The maximum Gasteiger partial charge on any atom is 0.229 e. The summed E-state index contributed by atoms with van der Waals surface area (Å²) in [6.07, 6.45) is 2.40. The Hall–Kier alpha value is -3.08. The van der Waals surface area contributed by atoms with E-state index in [9.17, 15) is 0 Å². The van der Waals surface area contributed by atoms with Crippen molar-refractivity contribution in [2.45, 2.75) is 39.7 Å². The molecule has 3 aromatic rings. The van der Waals surface area contributed by atoms with Crippen LogP contribution in [0.15, 0.2) is 54.6 Å². The Labute approximate surface area is 166 Å². The van der Waals surface area contributed by atoms with Crippen molar-refractivity contribution in [3.05, 3.63) is 65.9 Å². The van der Waals surface area contributed by atoms with Gasteiger partial charge in [0.05, 0.1) is 6.10 Å². The highest BCUT2D eigenvalue weighted by Crippen LogP contribution is 2.33. The number of anilines is 4. The molecule has 1 aliphatic heterocycles. The Morgan fingerprint density at radius 1 is 1.04 bits per heavy atom. The van der Waals surface area contributed by atoms with Gasteiger partial charge in [-0.1, -0.05) is 18.2 Å². The van der Waals surface area contributed by atoms with E-state index in [0.717, 1.165) is 42.3 Å². The number of para-hydroxylation sites is 1. The lowest BCUT2D eigenvalue weighted by molar-refractivity contribution is 0.242. The van der Waals surface area contributed by atoms with Gasteiger partial charge in [-0.25, -0.2) is 4.98 Å². The van der Waals surface area contributed by atoms with E-state index in [1.54, 1.807) is 0 Å². The molecule has 0 bridgehead atoms. The van der Waals surface area contributed by atoms with Gasteiger partial charge in [0.1, 0.15) is 11.6 Å². The Balaban J connectivity index is 1.58. The van der Waals surface area contributed by atoms with E-state index in [2.05, 4.69) is 39.5 Å². The molecule has 0 fully saturated rings. The van der Waals surface area contributed by atoms with Crippen LogP contribution in [0.3, 0.4) is 0 Å². The first-order valence-corrected chi connectivity index (χ1v) is 9.83. The molecule has 1 aromatic heterocycles. The topological polar surface area (TPSA) is 50.3 Å². The van der Waals surface area contributed by atoms with Crippen molar-refractivity contribution in [1.82, 2.24) is 9.97 Å². The van der Waals surface area contributed by atoms with Crippen LogP contribution < -0.4 is 15.0 Å². The number of ether oxygens (including phenoxy) is 1. The van der Waals surface area contributed by atoms with Gasteiger partial charge in [-0.05, 0) is 69.5 Å². The number of hydrogen-bond acceptors (Lipinski definition) is 5. The van der Waals surface area contributed by atoms with Crippen molar-refractivity contribution in [2.75, 3.05) is 16.8 Å². The molecule has 0 amide bonds. The lowest BCUT2D eigenvalue weighted by atomic mass is 10.0. The Bertz CT molecular complexity index is 953. The molecule has 5 heteroatoms.